The van der Waals surface area contributed by atoms with E-state index in [0.29, 0.717) is 6.04 Å². The monoisotopic (exact) mass is 302 g/mol. The lowest BCUT2D eigenvalue weighted by atomic mass is 9.70. The molecule has 0 unspecified atom stereocenters. The molecule has 118 valence electrons. The van der Waals surface area contributed by atoms with Gasteiger partial charge in [0.25, 0.3) is 0 Å². The highest BCUT2D eigenvalue weighted by Crippen LogP contribution is 2.49. The van der Waals surface area contributed by atoms with E-state index < -0.39 is 0 Å². The Morgan fingerprint density at radius 3 is 2.91 bits per heavy atom. The van der Waals surface area contributed by atoms with Gasteiger partial charge < -0.3 is 14.4 Å². The maximum atomic E-state index is 9.72. The van der Waals surface area contributed by atoms with Gasteiger partial charge in [0, 0.05) is 50.5 Å². The Morgan fingerprint density at radius 1 is 1.36 bits per heavy atom. The number of aliphatic hydroxyl groups excluding tert-OH is 1. The van der Waals surface area contributed by atoms with Gasteiger partial charge in [0.2, 0.25) is 0 Å². The maximum Gasteiger partial charge on any atom is 0.110 e. The molecule has 0 radical (unpaired) electrons. The van der Waals surface area contributed by atoms with E-state index in [1.807, 2.05) is 7.11 Å². The van der Waals surface area contributed by atoms with Crippen molar-refractivity contribution in [3.63, 3.8) is 0 Å². The van der Waals surface area contributed by atoms with Crippen LogP contribution in [0.15, 0.2) is 24.4 Å². The molecule has 2 heterocycles. The van der Waals surface area contributed by atoms with Crippen LogP contribution in [-0.2, 0) is 23.8 Å². The molecule has 2 aliphatic rings. The Hall–Kier alpha value is -1.36. The third-order valence-corrected chi connectivity index (χ3v) is 5.79. The summed E-state index contributed by atoms with van der Waals surface area (Å²) in [5.41, 5.74) is 3.68. The van der Waals surface area contributed by atoms with Crippen molar-refractivity contribution in [1.82, 2.24) is 9.47 Å². The first-order chi connectivity index (χ1) is 10.6. The second kappa shape index (κ2) is 4.82. The number of hydrogen-bond acceptors (Lipinski definition) is 3. The van der Waals surface area contributed by atoms with Crippen molar-refractivity contribution in [3.05, 3.63) is 35.5 Å². The molecule has 4 nitrogen and oxygen atoms in total. The standard InChI is InChI=1S/C18H24N2O2/c1-19-10-13-7-16-18(22-3,8-12(11-21)9-20(16)2)14-5-4-6-15(19)17(13)14/h4-6,10,12,16,21H,7-9,11H2,1-3H3/t12-,16-,18+/m1/s1/i11+2. The summed E-state index contributed by atoms with van der Waals surface area (Å²) in [7, 11) is 6.10. The number of likely N-dealkylation sites (tertiary alicyclic amines) is 1. The van der Waals surface area contributed by atoms with Gasteiger partial charge in [-0.1, -0.05) is 12.1 Å². The first-order valence-electron chi connectivity index (χ1n) is 8.04. The van der Waals surface area contributed by atoms with Gasteiger partial charge in [-0.15, -0.1) is 0 Å². The number of piperidine rings is 1. The summed E-state index contributed by atoms with van der Waals surface area (Å²) >= 11 is 0. The van der Waals surface area contributed by atoms with Crippen molar-refractivity contribution in [1.29, 1.82) is 0 Å². The predicted octanol–water partition coefficient (Wildman–Crippen LogP) is 1.89. The fourth-order valence-corrected chi connectivity index (χ4v) is 4.84. The molecule has 1 N–H and O–H groups in total. The molecule has 0 spiro atoms. The van der Waals surface area contributed by atoms with Crippen LogP contribution in [0.3, 0.4) is 0 Å². The molecule has 22 heavy (non-hydrogen) atoms. The SMILES string of the molecule is CO[C@]12C[C@@H]([14CH2]O)CN(C)[C@@H]1Cc1cn(C)c3cccc2c13. The highest BCUT2D eigenvalue weighted by atomic mass is 16.5. The third-order valence-electron chi connectivity index (χ3n) is 5.79. The van der Waals surface area contributed by atoms with Crippen LogP contribution in [0.2, 0.25) is 0 Å². The van der Waals surface area contributed by atoms with E-state index in [0.717, 1.165) is 19.4 Å². The molecule has 0 amide bonds. The fourth-order valence-electron chi connectivity index (χ4n) is 4.84. The summed E-state index contributed by atoms with van der Waals surface area (Å²) in [5.74, 6) is 0.265. The van der Waals surface area contributed by atoms with Crippen molar-refractivity contribution in [3.8, 4) is 0 Å². The topological polar surface area (TPSA) is 37.6 Å². The molecule has 2 aromatic rings. The molecule has 1 saturated heterocycles. The highest BCUT2D eigenvalue weighted by molar-refractivity contribution is 5.89. The van der Waals surface area contributed by atoms with Gasteiger partial charge in [-0.3, -0.25) is 4.90 Å². The van der Waals surface area contributed by atoms with Crippen LogP contribution in [0.5, 0.6) is 0 Å². The van der Waals surface area contributed by atoms with E-state index in [-0.39, 0.29) is 18.1 Å². The minimum absolute atomic E-state index is 0.222. The van der Waals surface area contributed by atoms with E-state index in [1.165, 1.54) is 22.0 Å². The number of nitrogens with zero attached hydrogens (tertiary/aromatic N) is 2. The summed E-state index contributed by atoms with van der Waals surface area (Å²) in [6.45, 7) is 1.16. The molecule has 0 bridgehead atoms. The number of fused-ring (bicyclic) bond motifs is 2. The number of aliphatic hydroxyl groups is 1. The molecular weight excluding hydrogens is 278 g/mol. The van der Waals surface area contributed by atoms with Crippen molar-refractivity contribution in [2.24, 2.45) is 13.0 Å². The summed E-state index contributed by atoms with van der Waals surface area (Å²) in [4.78, 5) is 2.38. The van der Waals surface area contributed by atoms with E-state index in [1.54, 1.807) is 0 Å². The number of aromatic nitrogens is 1. The number of likely N-dealkylation sites (N-methyl/N-ethyl adjacent to an activating group) is 1. The minimum atomic E-state index is -0.311. The Labute approximate surface area is 131 Å². The molecule has 1 aliphatic heterocycles. The molecule has 4 heteroatoms. The Kier molecular flexibility index (Phi) is 3.12. The van der Waals surface area contributed by atoms with Crippen LogP contribution in [0, 0.1) is 5.92 Å². The predicted molar refractivity (Wildman–Crippen MR) is 86.9 cm³/mol. The second-order valence-electron chi connectivity index (χ2n) is 6.97. The van der Waals surface area contributed by atoms with Crippen molar-refractivity contribution in [2.45, 2.75) is 24.5 Å². The number of benzene rings is 1. The number of methoxy groups -OCH3 is 1. The van der Waals surface area contributed by atoms with Crippen LogP contribution in [-0.4, -0.2) is 47.9 Å². The summed E-state index contributed by atoms with van der Waals surface area (Å²) in [6.07, 6.45) is 4.17. The minimum Gasteiger partial charge on any atom is -0.396 e. The Morgan fingerprint density at radius 2 is 2.18 bits per heavy atom. The lowest BCUT2D eigenvalue weighted by Gasteiger charge is -2.52. The molecule has 1 fully saturated rings. The first kappa shape index (κ1) is 14.2. The fraction of sp³-hybridized carbons (Fsp3) is 0.556. The number of rotatable bonds is 2. The summed E-state index contributed by atoms with van der Waals surface area (Å²) in [6, 6.07) is 6.87. The highest BCUT2D eigenvalue weighted by Gasteiger charge is 2.51. The smallest absolute Gasteiger partial charge is 0.110 e. The van der Waals surface area contributed by atoms with Crippen LogP contribution >= 0.6 is 0 Å². The molecule has 1 aromatic heterocycles. The lowest BCUT2D eigenvalue weighted by molar-refractivity contribution is -0.130. The van der Waals surface area contributed by atoms with Crippen molar-refractivity contribution in [2.75, 3.05) is 27.3 Å². The van der Waals surface area contributed by atoms with Crippen molar-refractivity contribution >= 4 is 10.9 Å². The number of aryl methyl sites for hydroxylation is 1. The van der Waals surface area contributed by atoms with Crippen molar-refractivity contribution < 1.29 is 9.84 Å². The van der Waals surface area contributed by atoms with Gasteiger partial charge in [-0.05, 0) is 43.0 Å². The zero-order chi connectivity index (χ0) is 15.5. The quantitative estimate of drug-likeness (QED) is 0.920. The largest absolute Gasteiger partial charge is 0.396 e. The third kappa shape index (κ3) is 1.69. The Balaban J connectivity index is 1.98. The van der Waals surface area contributed by atoms with Gasteiger partial charge in [-0.25, -0.2) is 0 Å². The van der Waals surface area contributed by atoms with Crippen LogP contribution in [0.1, 0.15) is 17.5 Å². The van der Waals surface area contributed by atoms with Gasteiger partial charge in [-0.2, -0.15) is 0 Å². The normalized spacial score (nSPS) is 31.5. The first-order valence-corrected chi connectivity index (χ1v) is 8.04. The van der Waals surface area contributed by atoms with Gasteiger partial charge >= 0.3 is 0 Å². The van der Waals surface area contributed by atoms with Gasteiger partial charge in [0.1, 0.15) is 5.60 Å². The van der Waals surface area contributed by atoms with Gasteiger partial charge in [0.15, 0.2) is 0 Å². The lowest BCUT2D eigenvalue weighted by Crippen LogP contribution is -2.59. The molecule has 3 atom stereocenters. The zero-order valence-corrected chi connectivity index (χ0v) is 13.5. The number of hydrogen-bond donors (Lipinski definition) is 1. The second-order valence-corrected chi connectivity index (χ2v) is 6.97. The molecular formula is C18H24N2O2. The Bertz CT molecular complexity index is 723. The van der Waals surface area contributed by atoms with Crippen LogP contribution < -0.4 is 0 Å². The average molecular weight is 302 g/mol. The molecule has 1 aromatic carbocycles. The molecule has 0 saturated carbocycles. The molecule has 1 aliphatic carbocycles. The van der Waals surface area contributed by atoms with E-state index in [4.69, 9.17) is 4.74 Å². The van der Waals surface area contributed by atoms with E-state index >= 15 is 0 Å². The zero-order valence-electron chi connectivity index (χ0n) is 13.5. The van der Waals surface area contributed by atoms with Crippen LogP contribution in [0.4, 0.5) is 0 Å². The van der Waals surface area contributed by atoms with E-state index in [9.17, 15) is 5.11 Å². The summed E-state index contributed by atoms with van der Waals surface area (Å²) in [5, 5.41) is 11.1. The van der Waals surface area contributed by atoms with Crippen LogP contribution in [0.25, 0.3) is 10.9 Å². The number of ether oxygens (including phenoxy) is 1. The summed E-state index contributed by atoms with van der Waals surface area (Å²) < 4.78 is 8.40. The maximum absolute atomic E-state index is 9.72. The molecule has 4 rings (SSSR count). The van der Waals surface area contributed by atoms with Gasteiger partial charge in [0.05, 0.1) is 0 Å². The average Bonchev–Trinajstić information content (AvgIpc) is 2.86. The van der Waals surface area contributed by atoms with E-state index in [2.05, 4.69) is 48.0 Å².